The van der Waals surface area contributed by atoms with Crippen molar-refractivity contribution in [3.8, 4) is 67.1 Å². The Balaban J connectivity index is 0.904. The smallest absolute Gasteiger partial charge is 0.139 e. The lowest BCUT2D eigenvalue weighted by Crippen LogP contribution is -2.28. The zero-order valence-electron chi connectivity index (χ0n) is 40.3. The summed E-state index contributed by atoms with van der Waals surface area (Å²) in [5.41, 5.74) is 21.9. The molecular weight excluding hydrogens is 871 g/mol. The number of fused-ring (bicyclic) bond motifs is 5. The molecule has 2 heteroatoms. The Morgan fingerprint density at radius 1 is 0.292 bits per heavy atom. The lowest BCUT2D eigenvalue weighted by atomic mass is 9.67. The quantitative estimate of drug-likeness (QED) is 0.143. The average molecular weight is 922 g/mol. The van der Waals surface area contributed by atoms with Gasteiger partial charge in [0.1, 0.15) is 11.5 Å². The maximum Gasteiger partial charge on any atom is 0.139 e. The lowest BCUT2D eigenvalue weighted by Gasteiger charge is -2.35. The third-order valence-corrected chi connectivity index (χ3v) is 15.2. The first kappa shape index (κ1) is 43.1. The van der Waals surface area contributed by atoms with Crippen LogP contribution in [-0.4, -0.2) is 0 Å². The second kappa shape index (κ2) is 17.5. The van der Waals surface area contributed by atoms with Crippen molar-refractivity contribution in [2.75, 3.05) is 4.90 Å². The minimum atomic E-state index is -0.533. The normalized spacial score (nSPS) is 13.5. The highest BCUT2D eigenvalue weighted by Crippen LogP contribution is 2.58. The van der Waals surface area contributed by atoms with Gasteiger partial charge in [0, 0.05) is 39.2 Å². The molecule has 342 valence electrons. The summed E-state index contributed by atoms with van der Waals surface area (Å²) in [5, 5.41) is 0. The van der Waals surface area contributed by atoms with Gasteiger partial charge in [-0.05, 0) is 127 Å². The second-order valence-electron chi connectivity index (χ2n) is 19.6. The third kappa shape index (κ3) is 7.09. The molecule has 0 spiro atoms. The summed E-state index contributed by atoms with van der Waals surface area (Å²) in [6, 6.07) is 99.6. The predicted molar refractivity (Wildman–Crippen MR) is 299 cm³/mol. The molecule has 1 heterocycles. The largest absolute Gasteiger partial charge is 0.456 e. The van der Waals surface area contributed by atoms with Crippen LogP contribution >= 0.6 is 0 Å². The minimum absolute atomic E-state index is 0.195. The van der Waals surface area contributed by atoms with Gasteiger partial charge in [-0.1, -0.05) is 232 Å². The van der Waals surface area contributed by atoms with E-state index >= 15 is 0 Å². The Labute approximate surface area is 422 Å². The molecular formula is C70H51NO. The Hall–Kier alpha value is -8.98. The fraction of sp³-hybridized carbons (Fsp3) is 0.0571. The van der Waals surface area contributed by atoms with Gasteiger partial charge >= 0.3 is 0 Å². The minimum Gasteiger partial charge on any atom is -0.456 e. The molecule has 11 aromatic rings. The molecule has 0 saturated heterocycles. The van der Waals surface area contributed by atoms with E-state index in [0.717, 1.165) is 45.3 Å². The molecule has 11 aromatic carbocycles. The van der Waals surface area contributed by atoms with Crippen LogP contribution in [0.5, 0.6) is 11.5 Å². The summed E-state index contributed by atoms with van der Waals surface area (Å²) in [4.78, 5) is 2.36. The molecule has 2 aliphatic rings. The summed E-state index contributed by atoms with van der Waals surface area (Å²) in [7, 11) is 0. The molecule has 0 aromatic heterocycles. The van der Waals surface area contributed by atoms with Crippen LogP contribution in [0.2, 0.25) is 0 Å². The number of nitrogens with zero attached hydrogens (tertiary/aromatic N) is 1. The van der Waals surface area contributed by atoms with E-state index in [4.69, 9.17) is 4.74 Å². The summed E-state index contributed by atoms with van der Waals surface area (Å²) < 4.78 is 6.72. The zero-order valence-corrected chi connectivity index (χ0v) is 40.3. The molecule has 1 aliphatic carbocycles. The van der Waals surface area contributed by atoms with Gasteiger partial charge in [0.2, 0.25) is 0 Å². The Morgan fingerprint density at radius 3 is 1.19 bits per heavy atom. The SMILES string of the molecule is CC1(C)c2ccccc2Oc2c(-c3ccc(N(c4ccc(-c5ccccc5)cc4)c4ccc(-c5ccc6c(c5)C(c5ccccc5)(c5ccccc5)c5cc(-c7ccccc7)ccc5-6)cc4)cc3)cccc21. The summed E-state index contributed by atoms with van der Waals surface area (Å²) in [5.74, 6) is 1.84. The van der Waals surface area contributed by atoms with Crippen molar-refractivity contribution in [1.29, 1.82) is 0 Å². The maximum atomic E-state index is 6.72. The number of para-hydroxylation sites is 2. The van der Waals surface area contributed by atoms with Crippen LogP contribution in [0.1, 0.15) is 47.2 Å². The molecule has 0 radical (unpaired) electrons. The van der Waals surface area contributed by atoms with E-state index in [1.54, 1.807) is 0 Å². The van der Waals surface area contributed by atoms with Crippen LogP contribution in [0.15, 0.2) is 273 Å². The van der Waals surface area contributed by atoms with Gasteiger partial charge in [-0.2, -0.15) is 0 Å². The average Bonchev–Trinajstić information content (AvgIpc) is 3.74. The molecule has 0 unspecified atom stereocenters. The highest BCUT2D eigenvalue weighted by atomic mass is 16.5. The van der Waals surface area contributed by atoms with Gasteiger partial charge in [-0.25, -0.2) is 0 Å². The topological polar surface area (TPSA) is 12.5 Å². The number of rotatable bonds is 9. The van der Waals surface area contributed by atoms with Crippen molar-refractivity contribution in [2.45, 2.75) is 24.7 Å². The fourth-order valence-corrected chi connectivity index (χ4v) is 11.6. The van der Waals surface area contributed by atoms with Crippen molar-refractivity contribution in [3.05, 3.63) is 306 Å². The van der Waals surface area contributed by atoms with E-state index in [9.17, 15) is 0 Å². The maximum absolute atomic E-state index is 6.72. The van der Waals surface area contributed by atoms with Crippen molar-refractivity contribution in [1.82, 2.24) is 0 Å². The van der Waals surface area contributed by atoms with Gasteiger partial charge in [-0.15, -0.1) is 0 Å². The van der Waals surface area contributed by atoms with E-state index in [2.05, 4.69) is 292 Å². The van der Waals surface area contributed by atoms with Crippen LogP contribution in [0.3, 0.4) is 0 Å². The summed E-state index contributed by atoms with van der Waals surface area (Å²) >= 11 is 0. The zero-order chi connectivity index (χ0) is 48.2. The van der Waals surface area contributed by atoms with Gasteiger partial charge in [0.25, 0.3) is 0 Å². The van der Waals surface area contributed by atoms with Crippen LogP contribution in [0.4, 0.5) is 17.1 Å². The van der Waals surface area contributed by atoms with E-state index in [1.807, 2.05) is 0 Å². The Kier molecular flexibility index (Phi) is 10.4. The van der Waals surface area contributed by atoms with Crippen LogP contribution < -0.4 is 9.64 Å². The first-order valence-corrected chi connectivity index (χ1v) is 25.0. The number of ether oxygens (including phenoxy) is 1. The van der Waals surface area contributed by atoms with Crippen LogP contribution in [0.25, 0.3) is 55.6 Å². The molecule has 0 saturated carbocycles. The first-order chi connectivity index (χ1) is 35.4. The van der Waals surface area contributed by atoms with Gasteiger partial charge in [0.15, 0.2) is 0 Å². The van der Waals surface area contributed by atoms with E-state index in [1.165, 1.54) is 72.3 Å². The van der Waals surface area contributed by atoms with Gasteiger partial charge in [0.05, 0.1) is 5.41 Å². The van der Waals surface area contributed by atoms with Crippen molar-refractivity contribution >= 4 is 17.1 Å². The highest BCUT2D eigenvalue weighted by Gasteiger charge is 2.46. The van der Waals surface area contributed by atoms with Crippen molar-refractivity contribution in [2.24, 2.45) is 0 Å². The Morgan fingerprint density at radius 2 is 0.681 bits per heavy atom. The molecule has 1 aliphatic heterocycles. The molecule has 0 fully saturated rings. The number of hydrogen-bond acceptors (Lipinski definition) is 2. The first-order valence-electron chi connectivity index (χ1n) is 25.0. The van der Waals surface area contributed by atoms with E-state index in [-0.39, 0.29) is 5.41 Å². The second-order valence-corrected chi connectivity index (χ2v) is 19.6. The third-order valence-electron chi connectivity index (χ3n) is 15.2. The molecule has 0 atom stereocenters. The number of hydrogen-bond donors (Lipinski definition) is 0. The van der Waals surface area contributed by atoms with Gasteiger partial charge in [-0.3, -0.25) is 0 Å². The van der Waals surface area contributed by atoms with Crippen molar-refractivity contribution < 1.29 is 4.74 Å². The van der Waals surface area contributed by atoms with Crippen LogP contribution in [-0.2, 0) is 10.8 Å². The van der Waals surface area contributed by atoms with E-state index in [0.29, 0.717) is 0 Å². The molecule has 2 nitrogen and oxygen atoms in total. The Bertz CT molecular complexity index is 3710. The number of anilines is 3. The summed E-state index contributed by atoms with van der Waals surface area (Å²) in [6.45, 7) is 4.58. The van der Waals surface area contributed by atoms with E-state index < -0.39 is 5.41 Å². The van der Waals surface area contributed by atoms with Crippen molar-refractivity contribution in [3.63, 3.8) is 0 Å². The monoisotopic (exact) mass is 921 g/mol. The molecule has 13 rings (SSSR count). The molecule has 0 bridgehead atoms. The van der Waals surface area contributed by atoms with Crippen LogP contribution in [0, 0.1) is 0 Å². The lowest BCUT2D eigenvalue weighted by molar-refractivity contribution is 0.419. The van der Waals surface area contributed by atoms with Gasteiger partial charge < -0.3 is 9.64 Å². The number of benzene rings is 11. The predicted octanol–water partition coefficient (Wildman–Crippen LogP) is 18.6. The molecule has 0 N–H and O–H groups in total. The highest BCUT2D eigenvalue weighted by molar-refractivity contribution is 5.91. The summed E-state index contributed by atoms with van der Waals surface area (Å²) in [6.07, 6.45) is 0. The molecule has 72 heavy (non-hydrogen) atoms. The standard InChI is InChI=1S/C70H51NO/c1-69(2)63-27-15-16-29-67(63)72-68-60(26-17-28-64(68)69)52-34-42-59(43-35-52)71(57-38-30-50(31-39-57)48-18-7-3-8-19-48)58-40-32-51(33-41-58)54-37-45-62-61-44-36-53(49-20-9-4-10-21-49)46-65(61)70(66(62)47-54,55-22-11-5-12-23-55)56-24-13-6-14-25-56/h3-47H,1-2H3. The fourth-order valence-electron chi connectivity index (χ4n) is 11.6. The molecule has 0 amide bonds.